The number of hydrogen-bond donors (Lipinski definition) is 0. The van der Waals surface area contributed by atoms with Gasteiger partial charge in [0.15, 0.2) is 5.76 Å². The second-order valence-electron chi connectivity index (χ2n) is 4.85. The van der Waals surface area contributed by atoms with Crippen molar-refractivity contribution in [3.05, 3.63) is 46.7 Å². The van der Waals surface area contributed by atoms with Crippen molar-refractivity contribution in [3.63, 3.8) is 0 Å². The number of amides is 1. The molecule has 0 N–H and O–H groups in total. The maximum absolute atomic E-state index is 12.1. The number of furan rings is 1. The Bertz CT molecular complexity index is 742. The number of likely N-dealkylation sites (tertiary alicyclic amines) is 1. The molecule has 3 aromatic heterocycles. The summed E-state index contributed by atoms with van der Waals surface area (Å²) in [5.74, 6) is 1.73. The third kappa shape index (κ3) is 2.15. The zero-order valence-electron chi connectivity index (χ0n) is 10.9. The zero-order chi connectivity index (χ0) is 14.2. The molecule has 0 bridgehead atoms. The molecule has 0 radical (unpaired) electrons. The molecule has 0 saturated carbocycles. The molecule has 4 rings (SSSR count). The summed E-state index contributed by atoms with van der Waals surface area (Å²) in [7, 11) is 0. The molecule has 7 heteroatoms. The van der Waals surface area contributed by atoms with E-state index in [-0.39, 0.29) is 11.8 Å². The first-order valence-electron chi connectivity index (χ1n) is 6.50. The number of aromatic nitrogens is 2. The fourth-order valence-electron chi connectivity index (χ4n) is 2.28. The highest BCUT2D eigenvalue weighted by molar-refractivity contribution is 7.08. The Kier molecular flexibility index (Phi) is 2.85. The number of nitrogens with zero attached hydrogens (tertiary/aromatic N) is 3. The molecule has 1 saturated heterocycles. The normalized spacial score (nSPS) is 15.1. The molecule has 1 aliphatic heterocycles. The fraction of sp³-hybridized carbons (Fsp3) is 0.214. The van der Waals surface area contributed by atoms with Gasteiger partial charge in [0, 0.05) is 18.5 Å². The van der Waals surface area contributed by atoms with Crippen molar-refractivity contribution < 1.29 is 13.7 Å². The van der Waals surface area contributed by atoms with Crippen LogP contribution in [0.25, 0.3) is 11.6 Å². The van der Waals surface area contributed by atoms with Crippen LogP contribution in [-0.2, 0) is 0 Å². The molecule has 0 aliphatic carbocycles. The highest BCUT2D eigenvalue weighted by atomic mass is 32.1. The Hall–Kier alpha value is -2.41. The molecule has 6 nitrogen and oxygen atoms in total. The van der Waals surface area contributed by atoms with E-state index in [0.29, 0.717) is 30.6 Å². The predicted octanol–water partition coefficient (Wildman–Crippen LogP) is 2.63. The van der Waals surface area contributed by atoms with Gasteiger partial charge in [-0.3, -0.25) is 4.79 Å². The lowest BCUT2D eigenvalue weighted by atomic mass is 9.99. The largest absolute Gasteiger partial charge is 0.461 e. The van der Waals surface area contributed by atoms with E-state index in [4.69, 9.17) is 8.94 Å². The Morgan fingerprint density at radius 2 is 2.29 bits per heavy atom. The Morgan fingerprint density at radius 1 is 1.38 bits per heavy atom. The van der Waals surface area contributed by atoms with E-state index in [1.165, 1.54) is 11.3 Å². The molecule has 0 atom stereocenters. The third-order valence-corrected chi connectivity index (χ3v) is 4.15. The van der Waals surface area contributed by atoms with E-state index < -0.39 is 0 Å². The first kappa shape index (κ1) is 12.3. The van der Waals surface area contributed by atoms with Gasteiger partial charge in [0.25, 0.3) is 5.91 Å². The molecule has 21 heavy (non-hydrogen) atoms. The van der Waals surface area contributed by atoms with E-state index in [2.05, 4.69) is 10.1 Å². The van der Waals surface area contributed by atoms with Crippen LogP contribution < -0.4 is 0 Å². The van der Waals surface area contributed by atoms with Crippen molar-refractivity contribution in [2.45, 2.75) is 5.92 Å². The van der Waals surface area contributed by atoms with Crippen LogP contribution in [0.5, 0.6) is 0 Å². The van der Waals surface area contributed by atoms with Gasteiger partial charge in [-0.25, -0.2) is 0 Å². The van der Waals surface area contributed by atoms with Crippen LogP contribution in [0.4, 0.5) is 0 Å². The highest BCUT2D eigenvalue weighted by Crippen LogP contribution is 2.29. The number of carbonyl (C=O) groups excluding carboxylic acids is 1. The second-order valence-corrected chi connectivity index (χ2v) is 5.63. The standard InChI is InChI=1S/C14H11N3O3S/c18-14(9-3-5-21-8-9)17-6-10(7-17)13-15-12(16-20-13)11-2-1-4-19-11/h1-5,8,10H,6-7H2. The van der Waals surface area contributed by atoms with Gasteiger partial charge in [0.1, 0.15) is 0 Å². The van der Waals surface area contributed by atoms with Crippen LogP contribution in [0.2, 0.25) is 0 Å². The van der Waals surface area contributed by atoms with Crippen molar-refractivity contribution in [2.75, 3.05) is 13.1 Å². The van der Waals surface area contributed by atoms with E-state index in [1.807, 2.05) is 16.8 Å². The predicted molar refractivity (Wildman–Crippen MR) is 75.0 cm³/mol. The van der Waals surface area contributed by atoms with Crippen LogP contribution in [0.1, 0.15) is 22.2 Å². The van der Waals surface area contributed by atoms with E-state index in [9.17, 15) is 4.79 Å². The Labute approximate surface area is 124 Å². The quantitative estimate of drug-likeness (QED) is 0.743. The number of thiophene rings is 1. The minimum atomic E-state index is 0.0540. The topological polar surface area (TPSA) is 72.4 Å². The zero-order valence-corrected chi connectivity index (χ0v) is 11.7. The molecule has 3 aromatic rings. The van der Waals surface area contributed by atoms with E-state index >= 15 is 0 Å². The summed E-state index contributed by atoms with van der Waals surface area (Å²) in [5, 5.41) is 7.66. The molecule has 0 aromatic carbocycles. The third-order valence-electron chi connectivity index (χ3n) is 3.47. The molecule has 4 heterocycles. The maximum atomic E-state index is 12.1. The van der Waals surface area contributed by atoms with Gasteiger partial charge in [-0.2, -0.15) is 16.3 Å². The van der Waals surface area contributed by atoms with Crippen LogP contribution in [0, 0.1) is 0 Å². The van der Waals surface area contributed by atoms with Crippen LogP contribution in [-0.4, -0.2) is 34.0 Å². The molecule has 1 amide bonds. The van der Waals surface area contributed by atoms with Gasteiger partial charge < -0.3 is 13.8 Å². The summed E-state index contributed by atoms with van der Waals surface area (Å²) in [6.07, 6.45) is 1.57. The summed E-state index contributed by atoms with van der Waals surface area (Å²) in [5.41, 5.74) is 0.736. The van der Waals surface area contributed by atoms with Crippen molar-refractivity contribution in [3.8, 4) is 11.6 Å². The molecule has 1 aliphatic rings. The summed E-state index contributed by atoms with van der Waals surface area (Å²) in [4.78, 5) is 18.2. The average molecular weight is 301 g/mol. The van der Waals surface area contributed by atoms with Crippen molar-refractivity contribution in [2.24, 2.45) is 0 Å². The lowest BCUT2D eigenvalue weighted by Gasteiger charge is -2.36. The first-order chi connectivity index (χ1) is 10.3. The van der Waals surface area contributed by atoms with Crippen LogP contribution in [0.3, 0.4) is 0 Å². The van der Waals surface area contributed by atoms with Gasteiger partial charge in [0.2, 0.25) is 11.7 Å². The molecule has 0 unspecified atom stereocenters. The van der Waals surface area contributed by atoms with Gasteiger partial charge >= 0.3 is 0 Å². The number of hydrogen-bond acceptors (Lipinski definition) is 6. The minimum Gasteiger partial charge on any atom is -0.461 e. The van der Waals surface area contributed by atoms with Gasteiger partial charge in [0.05, 0.1) is 17.7 Å². The fourth-order valence-corrected chi connectivity index (χ4v) is 2.91. The monoisotopic (exact) mass is 301 g/mol. The molecular formula is C14H11N3O3S. The Morgan fingerprint density at radius 3 is 3.00 bits per heavy atom. The summed E-state index contributed by atoms with van der Waals surface area (Å²) >= 11 is 1.52. The maximum Gasteiger partial charge on any atom is 0.254 e. The summed E-state index contributed by atoms with van der Waals surface area (Å²) < 4.78 is 10.5. The number of carbonyl (C=O) groups is 1. The molecular weight excluding hydrogens is 290 g/mol. The summed E-state index contributed by atoms with van der Waals surface area (Å²) in [6, 6.07) is 5.39. The van der Waals surface area contributed by atoms with Crippen molar-refractivity contribution in [1.29, 1.82) is 0 Å². The lowest BCUT2D eigenvalue weighted by Crippen LogP contribution is -2.48. The molecule has 0 spiro atoms. The van der Waals surface area contributed by atoms with Crippen LogP contribution in [0.15, 0.2) is 44.2 Å². The SMILES string of the molecule is O=C(c1ccsc1)N1CC(c2nc(-c3ccco3)no2)C1. The summed E-state index contributed by atoms with van der Waals surface area (Å²) in [6.45, 7) is 1.21. The average Bonchev–Trinajstić information content (AvgIpc) is 3.19. The van der Waals surface area contributed by atoms with Crippen molar-refractivity contribution >= 4 is 17.2 Å². The van der Waals surface area contributed by atoms with E-state index in [0.717, 1.165) is 5.56 Å². The highest BCUT2D eigenvalue weighted by Gasteiger charge is 2.36. The second kappa shape index (κ2) is 4.85. The van der Waals surface area contributed by atoms with Gasteiger partial charge in [-0.1, -0.05) is 5.16 Å². The first-order valence-corrected chi connectivity index (χ1v) is 7.44. The lowest BCUT2D eigenvalue weighted by molar-refractivity contribution is 0.0570. The molecule has 106 valence electrons. The van der Waals surface area contributed by atoms with Gasteiger partial charge in [-0.15, -0.1) is 0 Å². The smallest absolute Gasteiger partial charge is 0.254 e. The van der Waals surface area contributed by atoms with E-state index in [1.54, 1.807) is 23.3 Å². The Balaban J connectivity index is 1.43. The number of rotatable bonds is 3. The van der Waals surface area contributed by atoms with Crippen molar-refractivity contribution in [1.82, 2.24) is 15.0 Å². The van der Waals surface area contributed by atoms with Crippen LogP contribution >= 0.6 is 11.3 Å². The van der Waals surface area contributed by atoms with Gasteiger partial charge in [-0.05, 0) is 23.6 Å². The minimum absolute atomic E-state index is 0.0540. The molecule has 1 fully saturated rings.